The quantitative estimate of drug-likeness (QED) is 0.722. The molecule has 1 atom stereocenters. The molecule has 0 unspecified atom stereocenters. The molecule has 1 aromatic carbocycles. The number of benzene rings is 1. The fraction of sp³-hybridized carbons (Fsp3) is 0.667. The van der Waals surface area contributed by atoms with Gasteiger partial charge in [-0.25, -0.2) is 4.68 Å². The first-order valence-corrected chi connectivity index (χ1v) is 10.2. The zero-order valence-electron chi connectivity index (χ0n) is 18.0. The molecular weight excluding hydrogens is 354 g/mol. The van der Waals surface area contributed by atoms with Gasteiger partial charge in [0.15, 0.2) is 5.82 Å². The van der Waals surface area contributed by atoms with Crippen LogP contribution < -0.4 is 9.47 Å². The minimum Gasteiger partial charge on any atom is -0.497 e. The summed E-state index contributed by atoms with van der Waals surface area (Å²) in [6.45, 7) is 10.8. The van der Waals surface area contributed by atoms with E-state index >= 15 is 0 Å². The highest BCUT2D eigenvalue weighted by Gasteiger charge is 2.35. The second-order valence-electron chi connectivity index (χ2n) is 8.34. The first-order chi connectivity index (χ1) is 13.4. The second kappa shape index (κ2) is 8.47. The summed E-state index contributed by atoms with van der Waals surface area (Å²) in [5.41, 5.74) is 0.867. The Hall–Kier alpha value is -2.15. The lowest BCUT2D eigenvalue weighted by atomic mass is 9.94. The molecule has 0 spiro atoms. The Bertz CT molecular complexity index is 781. The van der Waals surface area contributed by atoms with Gasteiger partial charge in [0.1, 0.15) is 17.5 Å². The number of methoxy groups -OCH3 is 2. The summed E-state index contributed by atoms with van der Waals surface area (Å²) in [4.78, 5) is 2.48. The van der Waals surface area contributed by atoms with E-state index in [0.29, 0.717) is 0 Å². The Morgan fingerprint density at radius 1 is 1.18 bits per heavy atom. The topological polar surface area (TPSA) is 65.3 Å². The van der Waals surface area contributed by atoms with Gasteiger partial charge in [-0.15, -0.1) is 5.10 Å². The van der Waals surface area contributed by atoms with E-state index in [9.17, 15) is 0 Å². The fourth-order valence-electron chi connectivity index (χ4n) is 3.78. The van der Waals surface area contributed by atoms with Crippen molar-refractivity contribution in [1.82, 2.24) is 25.1 Å². The van der Waals surface area contributed by atoms with Gasteiger partial charge in [-0.1, -0.05) is 13.8 Å². The summed E-state index contributed by atoms with van der Waals surface area (Å²) in [6, 6.07) is 5.86. The van der Waals surface area contributed by atoms with Crippen molar-refractivity contribution >= 4 is 0 Å². The maximum Gasteiger partial charge on any atom is 0.173 e. The van der Waals surface area contributed by atoms with Crippen LogP contribution in [0.3, 0.4) is 0 Å². The van der Waals surface area contributed by atoms with Crippen LogP contribution in [0.1, 0.15) is 64.4 Å². The van der Waals surface area contributed by atoms with E-state index in [4.69, 9.17) is 9.47 Å². The highest BCUT2D eigenvalue weighted by atomic mass is 16.5. The van der Waals surface area contributed by atoms with Gasteiger partial charge < -0.3 is 9.47 Å². The molecule has 1 aromatic heterocycles. The summed E-state index contributed by atoms with van der Waals surface area (Å²) >= 11 is 0. The first kappa shape index (κ1) is 20.6. The van der Waals surface area contributed by atoms with Crippen LogP contribution in [-0.4, -0.2) is 52.4 Å². The fourth-order valence-corrected chi connectivity index (χ4v) is 3.78. The number of tetrazole rings is 1. The number of rotatable bonds is 7. The molecule has 2 aromatic rings. The van der Waals surface area contributed by atoms with Crippen molar-refractivity contribution < 1.29 is 9.47 Å². The van der Waals surface area contributed by atoms with E-state index in [-0.39, 0.29) is 11.6 Å². The Kier molecular flexibility index (Phi) is 6.23. The van der Waals surface area contributed by atoms with E-state index < -0.39 is 0 Å². The van der Waals surface area contributed by atoms with Crippen molar-refractivity contribution in [3.63, 3.8) is 0 Å². The second-order valence-corrected chi connectivity index (χ2v) is 8.34. The first-order valence-electron chi connectivity index (χ1n) is 10.2. The molecule has 0 saturated carbocycles. The van der Waals surface area contributed by atoms with E-state index in [1.165, 1.54) is 12.8 Å². The number of ether oxygens (including phenoxy) is 2. The average molecular weight is 388 g/mol. The highest BCUT2D eigenvalue weighted by Crippen LogP contribution is 2.39. The molecule has 28 heavy (non-hydrogen) atoms. The summed E-state index contributed by atoms with van der Waals surface area (Å²) in [6.07, 6.45) is 3.27. The molecule has 0 bridgehead atoms. The molecule has 0 radical (unpaired) electrons. The predicted molar refractivity (Wildman–Crippen MR) is 109 cm³/mol. The molecular formula is C21H33N5O2. The monoisotopic (exact) mass is 387 g/mol. The third-order valence-electron chi connectivity index (χ3n) is 6.09. The van der Waals surface area contributed by atoms with Crippen LogP contribution in [0.2, 0.25) is 0 Å². The number of piperidine rings is 1. The van der Waals surface area contributed by atoms with Gasteiger partial charge in [-0.3, -0.25) is 4.90 Å². The van der Waals surface area contributed by atoms with Crippen LogP contribution in [-0.2, 0) is 5.54 Å². The van der Waals surface area contributed by atoms with Gasteiger partial charge in [0.05, 0.1) is 19.8 Å². The van der Waals surface area contributed by atoms with Gasteiger partial charge in [0.2, 0.25) is 0 Å². The van der Waals surface area contributed by atoms with Crippen LogP contribution in [0.4, 0.5) is 0 Å². The van der Waals surface area contributed by atoms with Gasteiger partial charge in [-0.05, 0) is 80.7 Å². The Balaban J connectivity index is 2.14. The summed E-state index contributed by atoms with van der Waals surface area (Å²) < 4.78 is 13.2. The lowest BCUT2D eigenvalue weighted by Crippen LogP contribution is -2.40. The van der Waals surface area contributed by atoms with Gasteiger partial charge in [-0.2, -0.15) is 0 Å². The normalized spacial score (nSPS) is 17.5. The van der Waals surface area contributed by atoms with Crippen molar-refractivity contribution in [2.45, 2.75) is 58.5 Å². The maximum atomic E-state index is 5.73. The molecule has 7 nitrogen and oxygen atoms in total. The summed E-state index contributed by atoms with van der Waals surface area (Å²) in [7, 11) is 3.40. The van der Waals surface area contributed by atoms with Crippen LogP contribution in [0, 0.1) is 5.92 Å². The largest absolute Gasteiger partial charge is 0.497 e. The SMILES string of the molecule is CCC(C)(C)n1nnnc1[C@H](c1cc(OC)ccc1OC)N1CCC(C)CC1. The molecule has 2 heterocycles. The third-order valence-corrected chi connectivity index (χ3v) is 6.09. The molecule has 154 valence electrons. The number of hydrogen-bond donors (Lipinski definition) is 0. The van der Waals surface area contributed by atoms with Gasteiger partial charge in [0.25, 0.3) is 0 Å². The number of likely N-dealkylation sites (tertiary alicyclic amines) is 1. The zero-order chi connectivity index (χ0) is 20.3. The Morgan fingerprint density at radius 3 is 2.50 bits per heavy atom. The smallest absolute Gasteiger partial charge is 0.173 e. The van der Waals surface area contributed by atoms with Crippen LogP contribution in [0.15, 0.2) is 18.2 Å². The number of hydrogen-bond acceptors (Lipinski definition) is 6. The van der Waals surface area contributed by atoms with Crippen LogP contribution in [0.25, 0.3) is 0 Å². The van der Waals surface area contributed by atoms with Gasteiger partial charge in [0, 0.05) is 5.56 Å². The van der Waals surface area contributed by atoms with E-state index in [0.717, 1.165) is 48.3 Å². The predicted octanol–water partition coefficient (Wildman–Crippen LogP) is 3.66. The molecule has 7 heteroatoms. The molecule has 0 N–H and O–H groups in total. The lowest BCUT2D eigenvalue weighted by molar-refractivity contribution is 0.141. The molecule has 0 aliphatic carbocycles. The molecule has 1 fully saturated rings. The third kappa shape index (κ3) is 3.99. The Morgan fingerprint density at radius 2 is 1.89 bits per heavy atom. The number of nitrogens with zero attached hydrogens (tertiary/aromatic N) is 5. The van der Waals surface area contributed by atoms with Crippen LogP contribution in [0.5, 0.6) is 11.5 Å². The Labute approximate surface area is 168 Å². The standard InChI is InChI=1S/C21H33N5O2/c1-7-21(3,4)26-20(22-23-24-26)19(25-12-10-15(2)11-13-25)17-14-16(27-5)8-9-18(17)28-6/h8-9,14-15,19H,7,10-13H2,1-6H3/t19-/m0/s1. The summed E-state index contributed by atoms with van der Waals surface area (Å²) in [5, 5.41) is 12.9. The van der Waals surface area contributed by atoms with Crippen molar-refractivity contribution in [3.05, 3.63) is 29.6 Å². The lowest BCUT2D eigenvalue weighted by Gasteiger charge is -2.38. The molecule has 3 rings (SSSR count). The maximum absolute atomic E-state index is 5.73. The average Bonchev–Trinajstić information content (AvgIpc) is 3.20. The van der Waals surface area contributed by atoms with E-state index in [1.54, 1.807) is 14.2 Å². The minimum absolute atomic E-state index is 0.0848. The van der Waals surface area contributed by atoms with E-state index in [1.807, 2.05) is 16.8 Å². The van der Waals surface area contributed by atoms with Crippen molar-refractivity contribution in [2.75, 3.05) is 27.3 Å². The van der Waals surface area contributed by atoms with Crippen molar-refractivity contribution in [3.8, 4) is 11.5 Å². The molecule has 1 aliphatic rings. The highest BCUT2D eigenvalue weighted by molar-refractivity contribution is 5.44. The zero-order valence-corrected chi connectivity index (χ0v) is 18.0. The summed E-state index contributed by atoms with van der Waals surface area (Å²) in [5.74, 6) is 3.23. The van der Waals surface area contributed by atoms with Crippen molar-refractivity contribution in [2.24, 2.45) is 5.92 Å². The van der Waals surface area contributed by atoms with Gasteiger partial charge >= 0.3 is 0 Å². The minimum atomic E-state index is -0.174. The molecule has 1 saturated heterocycles. The molecule has 0 amide bonds. The van der Waals surface area contributed by atoms with Crippen LogP contribution >= 0.6 is 0 Å². The van der Waals surface area contributed by atoms with Crippen molar-refractivity contribution in [1.29, 1.82) is 0 Å². The molecule has 1 aliphatic heterocycles. The van der Waals surface area contributed by atoms with E-state index in [2.05, 4.69) is 54.2 Å². The number of aromatic nitrogens is 4.